The topological polar surface area (TPSA) is 62.2 Å². The Morgan fingerprint density at radius 2 is 1.96 bits per heavy atom. The number of benzene rings is 2. The molecule has 1 aromatic heterocycles. The summed E-state index contributed by atoms with van der Waals surface area (Å²) >= 11 is 13.4. The summed E-state index contributed by atoms with van der Waals surface area (Å²) in [7, 11) is 0. The molecule has 25 heavy (non-hydrogen) atoms. The van der Waals surface area contributed by atoms with E-state index in [4.69, 9.17) is 23.2 Å². The third kappa shape index (κ3) is 5.16. The van der Waals surface area contributed by atoms with Crippen LogP contribution in [0.4, 0.5) is 16.5 Å². The summed E-state index contributed by atoms with van der Waals surface area (Å²) in [5.74, 6) is 0.712. The molecule has 0 aliphatic heterocycles. The molecule has 0 aliphatic rings. The zero-order valence-electron chi connectivity index (χ0n) is 13.3. The van der Waals surface area contributed by atoms with E-state index in [1.807, 2.05) is 37.3 Å². The number of hydrazone groups is 1. The van der Waals surface area contributed by atoms with Crippen LogP contribution < -0.4 is 10.7 Å². The quantitative estimate of drug-likeness (QED) is 0.422. The highest BCUT2D eigenvalue weighted by atomic mass is 35.5. The summed E-state index contributed by atoms with van der Waals surface area (Å²) in [5.41, 5.74) is 5.40. The highest BCUT2D eigenvalue weighted by Crippen LogP contribution is 2.25. The lowest BCUT2D eigenvalue weighted by Gasteiger charge is -2.05. The summed E-state index contributed by atoms with van der Waals surface area (Å²) in [6, 6.07) is 15.0. The molecule has 0 fully saturated rings. The maximum atomic E-state index is 6.10. The summed E-state index contributed by atoms with van der Waals surface area (Å²) in [4.78, 5) is 4.47. The van der Waals surface area contributed by atoms with Crippen molar-refractivity contribution in [2.24, 2.45) is 5.10 Å². The van der Waals surface area contributed by atoms with Crippen LogP contribution in [0.1, 0.15) is 12.7 Å². The average molecular weight is 392 g/mol. The number of rotatable bonds is 6. The molecular weight excluding hydrogens is 377 g/mol. The van der Waals surface area contributed by atoms with E-state index in [1.54, 1.807) is 18.2 Å². The Morgan fingerprint density at radius 3 is 2.76 bits per heavy atom. The molecule has 0 unspecified atom stereocenters. The molecule has 1 heterocycles. The Kier molecular flexibility index (Phi) is 5.86. The SMILES string of the molecule is CC(Cc1nsc(Nc2ccccc2)n1)=NNc1cc(Cl)ccc1Cl. The van der Waals surface area contributed by atoms with Gasteiger partial charge in [0.15, 0.2) is 0 Å². The molecule has 128 valence electrons. The second-order valence-corrected chi connectivity index (χ2v) is 6.86. The Morgan fingerprint density at radius 1 is 1.16 bits per heavy atom. The minimum atomic E-state index is 0.540. The van der Waals surface area contributed by atoms with Gasteiger partial charge in [-0.25, -0.2) is 4.98 Å². The first kappa shape index (κ1) is 17.7. The molecule has 3 aromatic rings. The molecule has 8 heteroatoms. The van der Waals surface area contributed by atoms with Crippen LogP contribution in [0.2, 0.25) is 10.0 Å². The van der Waals surface area contributed by atoms with Crippen LogP contribution in [0.25, 0.3) is 0 Å². The van der Waals surface area contributed by atoms with Crippen LogP contribution in [-0.4, -0.2) is 15.1 Å². The number of hydrogen-bond donors (Lipinski definition) is 2. The molecule has 0 spiro atoms. The summed E-state index contributed by atoms with van der Waals surface area (Å²) in [6.45, 7) is 1.90. The molecular formula is C17H15Cl2N5S. The van der Waals surface area contributed by atoms with Gasteiger partial charge in [-0.2, -0.15) is 9.47 Å². The second-order valence-electron chi connectivity index (χ2n) is 5.27. The van der Waals surface area contributed by atoms with Crippen LogP contribution in [0, 0.1) is 0 Å². The minimum absolute atomic E-state index is 0.540. The van der Waals surface area contributed by atoms with Gasteiger partial charge in [0.05, 0.1) is 10.7 Å². The van der Waals surface area contributed by atoms with E-state index in [9.17, 15) is 0 Å². The normalized spacial score (nSPS) is 11.4. The van der Waals surface area contributed by atoms with Gasteiger partial charge < -0.3 is 5.32 Å². The van der Waals surface area contributed by atoms with Gasteiger partial charge in [-0.3, -0.25) is 5.43 Å². The van der Waals surface area contributed by atoms with Crippen LogP contribution >= 0.6 is 34.7 Å². The second kappa shape index (κ2) is 8.29. The first-order valence-corrected chi connectivity index (χ1v) is 9.02. The van der Waals surface area contributed by atoms with Gasteiger partial charge >= 0.3 is 0 Å². The fourth-order valence-electron chi connectivity index (χ4n) is 2.03. The van der Waals surface area contributed by atoms with Crippen molar-refractivity contribution in [3.8, 4) is 0 Å². The van der Waals surface area contributed by atoms with E-state index >= 15 is 0 Å². The third-order valence-electron chi connectivity index (χ3n) is 3.20. The average Bonchev–Trinajstić information content (AvgIpc) is 3.03. The predicted octanol–water partition coefficient (Wildman–Crippen LogP) is 5.62. The first-order chi connectivity index (χ1) is 12.1. The van der Waals surface area contributed by atoms with Crippen molar-refractivity contribution < 1.29 is 0 Å². The molecule has 0 radical (unpaired) electrons. The van der Waals surface area contributed by atoms with Crippen molar-refractivity contribution in [1.29, 1.82) is 0 Å². The number of aromatic nitrogens is 2. The molecule has 2 aromatic carbocycles. The fourth-order valence-corrected chi connectivity index (χ4v) is 2.97. The van der Waals surface area contributed by atoms with Gasteiger partial charge in [0.25, 0.3) is 0 Å². The molecule has 0 bridgehead atoms. The Bertz CT molecular complexity index is 880. The molecule has 3 rings (SSSR count). The van der Waals surface area contributed by atoms with Gasteiger partial charge in [-0.15, -0.1) is 0 Å². The number of nitrogens with one attached hydrogen (secondary N) is 2. The van der Waals surface area contributed by atoms with E-state index < -0.39 is 0 Å². The van der Waals surface area contributed by atoms with Crippen LogP contribution in [0.3, 0.4) is 0 Å². The minimum Gasteiger partial charge on any atom is -0.330 e. The molecule has 0 saturated heterocycles. The van der Waals surface area contributed by atoms with Gasteiger partial charge in [0.1, 0.15) is 5.82 Å². The monoisotopic (exact) mass is 391 g/mol. The summed E-state index contributed by atoms with van der Waals surface area (Å²) in [6.07, 6.45) is 0.540. The summed E-state index contributed by atoms with van der Waals surface area (Å²) in [5, 5.41) is 9.44. The number of hydrogen-bond acceptors (Lipinski definition) is 6. The van der Waals surface area contributed by atoms with Gasteiger partial charge in [0, 0.05) is 34.4 Å². The number of anilines is 3. The summed E-state index contributed by atoms with van der Waals surface area (Å²) < 4.78 is 4.35. The lowest BCUT2D eigenvalue weighted by Crippen LogP contribution is -2.03. The molecule has 5 nitrogen and oxygen atoms in total. The fraction of sp³-hybridized carbons (Fsp3) is 0.118. The van der Waals surface area contributed by atoms with E-state index in [0.29, 0.717) is 28.0 Å². The largest absolute Gasteiger partial charge is 0.330 e. The lowest BCUT2D eigenvalue weighted by atomic mass is 10.3. The van der Waals surface area contributed by atoms with Gasteiger partial charge in [0.2, 0.25) is 5.13 Å². The molecule has 0 amide bonds. The van der Waals surface area contributed by atoms with Crippen molar-refractivity contribution in [3.63, 3.8) is 0 Å². The number of nitrogens with zero attached hydrogens (tertiary/aromatic N) is 3. The van der Waals surface area contributed by atoms with E-state index in [-0.39, 0.29) is 0 Å². The Labute approximate surface area is 159 Å². The number of halogens is 2. The highest BCUT2D eigenvalue weighted by Gasteiger charge is 2.06. The first-order valence-electron chi connectivity index (χ1n) is 7.49. The van der Waals surface area contributed by atoms with Crippen LogP contribution in [0.5, 0.6) is 0 Å². The molecule has 2 N–H and O–H groups in total. The predicted molar refractivity (Wildman–Crippen MR) is 107 cm³/mol. The zero-order chi connectivity index (χ0) is 17.6. The van der Waals surface area contributed by atoms with Crippen LogP contribution in [-0.2, 0) is 6.42 Å². The Hall–Kier alpha value is -2.15. The zero-order valence-corrected chi connectivity index (χ0v) is 15.7. The Balaban J connectivity index is 1.61. The third-order valence-corrected chi connectivity index (χ3v) is 4.44. The van der Waals surface area contributed by atoms with Gasteiger partial charge in [-0.1, -0.05) is 41.4 Å². The van der Waals surface area contributed by atoms with E-state index in [0.717, 1.165) is 16.5 Å². The maximum Gasteiger partial charge on any atom is 0.207 e. The van der Waals surface area contributed by atoms with E-state index in [1.165, 1.54) is 11.5 Å². The molecule has 0 aliphatic carbocycles. The smallest absolute Gasteiger partial charge is 0.207 e. The molecule has 0 saturated carbocycles. The maximum absolute atomic E-state index is 6.10. The van der Waals surface area contributed by atoms with Gasteiger partial charge in [-0.05, 0) is 37.3 Å². The van der Waals surface area contributed by atoms with Crippen molar-refractivity contribution in [1.82, 2.24) is 9.36 Å². The van der Waals surface area contributed by atoms with Crippen molar-refractivity contribution in [2.75, 3.05) is 10.7 Å². The number of para-hydroxylation sites is 1. The van der Waals surface area contributed by atoms with Crippen molar-refractivity contribution in [2.45, 2.75) is 13.3 Å². The van der Waals surface area contributed by atoms with Crippen molar-refractivity contribution >= 4 is 57.0 Å². The van der Waals surface area contributed by atoms with Crippen LogP contribution in [0.15, 0.2) is 53.6 Å². The highest BCUT2D eigenvalue weighted by molar-refractivity contribution is 7.09. The van der Waals surface area contributed by atoms with E-state index in [2.05, 4.69) is 25.2 Å². The lowest BCUT2D eigenvalue weighted by molar-refractivity contribution is 1.09. The molecule has 0 atom stereocenters. The van der Waals surface area contributed by atoms with Crippen molar-refractivity contribution in [3.05, 3.63) is 64.4 Å². The standard InChI is InChI=1S/C17H15Cl2N5S/c1-11(22-23-15-10-12(18)7-8-14(15)19)9-16-21-17(25-24-16)20-13-5-3-2-4-6-13/h2-8,10,23H,9H2,1H3,(H,20,21,24).